The number of benzene rings is 1. The van der Waals surface area contributed by atoms with Crippen LogP contribution >= 0.6 is 11.6 Å². The zero-order chi connectivity index (χ0) is 12.3. The van der Waals surface area contributed by atoms with Gasteiger partial charge >= 0.3 is 0 Å². The second-order valence-electron chi connectivity index (χ2n) is 3.50. The zero-order valence-corrected chi connectivity index (χ0v) is 9.66. The number of nitrogens with zero attached hydrogens (tertiary/aromatic N) is 1. The van der Waals surface area contributed by atoms with Crippen LogP contribution in [0.1, 0.15) is 16.1 Å². The molecule has 1 aromatic heterocycles. The minimum absolute atomic E-state index is 0.206. The minimum Gasteiger partial charge on any atom is -0.398 e. The van der Waals surface area contributed by atoms with Gasteiger partial charge in [-0.05, 0) is 24.3 Å². The number of nitrogen functional groups attached to an aromatic ring is 1. The molecule has 0 bridgehead atoms. The smallest absolute Gasteiger partial charge is 0.251 e. The van der Waals surface area contributed by atoms with E-state index >= 15 is 0 Å². The Balaban J connectivity index is 2.02. The largest absolute Gasteiger partial charge is 0.398 e. The summed E-state index contributed by atoms with van der Waals surface area (Å²) in [6, 6.07) is 6.56. The van der Waals surface area contributed by atoms with E-state index in [-0.39, 0.29) is 5.91 Å². The topological polar surface area (TPSA) is 83.8 Å². The van der Waals surface area contributed by atoms with Gasteiger partial charge in [-0.15, -0.1) is 0 Å². The number of carbonyl (C=O) groups excluding carboxylic acids is 1. The Morgan fingerprint density at radius 2 is 2.29 bits per heavy atom. The maximum absolute atomic E-state index is 11.8. The summed E-state index contributed by atoms with van der Waals surface area (Å²) in [4.78, 5) is 11.8. The van der Waals surface area contributed by atoms with Crippen LogP contribution < -0.4 is 11.1 Å². The van der Waals surface area contributed by atoms with Crippen LogP contribution in [0.5, 0.6) is 0 Å². The van der Waals surface area contributed by atoms with Crippen molar-refractivity contribution in [2.75, 3.05) is 5.73 Å². The Morgan fingerprint density at radius 3 is 2.94 bits per heavy atom. The van der Waals surface area contributed by atoms with E-state index in [0.29, 0.717) is 22.8 Å². The number of anilines is 1. The van der Waals surface area contributed by atoms with Crippen LogP contribution in [0.15, 0.2) is 30.5 Å². The molecule has 2 aromatic rings. The lowest BCUT2D eigenvalue weighted by Crippen LogP contribution is -2.23. The lowest BCUT2D eigenvalue weighted by atomic mass is 10.2. The molecule has 0 fully saturated rings. The summed E-state index contributed by atoms with van der Waals surface area (Å²) in [5.41, 5.74) is 7.32. The highest BCUT2D eigenvalue weighted by Crippen LogP contribution is 2.19. The number of hydrogen-bond acceptors (Lipinski definition) is 3. The summed E-state index contributed by atoms with van der Waals surface area (Å²) in [5.74, 6) is -0.206. The lowest BCUT2D eigenvalue weighted by Gasteiger charge is -2.05. The van der Waals surface area contributed by atoms with Gasteiger partial charge in [0.15, 0.2) is 0 Å². The predicted octanol–water partition coefficient (Wildman–Crippen LogP) is 1.58. The molecule has 4 N–H and O–H groups in total. The molecule has 2 rings (SSSR count). The molecule has 0 aliphatic heterocycles. The van der Waals surface area contributed by atoms with Gasteiger partial charge in [-0.1, -0.05) is 11.6 Å². The van der Waals surface area contributed by atoms with Gasteiger partial charge in [0.2, 0.25) is 0 Å². The van der Waals surface area contributed by atoms with Gasteiger partial charge in [-0.2, -0.15) is 5.10 Å². The molecular weight excluding hydrogens is 240 g/mol. The second-order valence-corrected chi connectivity index (χ2v) is 3.91. The molecule has 0 aliphatic rings. The molecule has 0 aliphatic carbocycles. The van der Waals surface area contributed by atoms with E-state index in [2.05, 4.69) is 15.5 Å². The Labute approximate surface area is 103 Å². The van der Waals surface area contributed by atoms with Crippen molar-refractivity contribution in [2.24, 2.45) is 0 Å². The first-order chi connectivity index (χ1) is 8.16. The number of carbonyl (C=O) groups is 1. The summed E-state index contributed by atoms with van der Waals surface area (Å²) in [7, 11) is 0. The normalized spacial score (nSPS) is 10.2. The van der Waals surface area contributed by atoms with Gasteiger partial charge in [0.1, 0.15) is 0 Å². The predicted molar refractivity (Wildman–Crippen MR) is 65.6 cm³/mol. The van der Waals surface area contributed by atoms with E-state index < -0.39 is 0 Å². The fourth-order valence-corrected chi connectivity index (χ4v) is 1.46. The SMILES string of the molecule is Nc1cc(C(=O)NCc2ccn[nH]2)ccc1Cl. The number of aromatic amines is 1. The van der Waals surface area contributed by atoms with E-state index in [4.69, 9.17) is 17.3 Å². The second kappa shape index (κ2) is 4.88. The van der Waals surface area contributed by atoms with Gasteiger partial charge in [0.05, 0.1) is 22.9 Å². The quantitative estimate of drug-likeness (QED) is 0.723. The summed E-state index contributed by atoms with van der Waals surface area (Å²) in [6.07, 6.45) is 1.63. The van der Waals surface area contributed by atoms with Crippen LogP contribution in [-0.2, 0) is 6.54 Å². The first-order valence-electron chi connectivity index (χ1n) is 4.98. The zero-order valence-electron chi connectivity index (χ0n) is 8.90. The van der Waals surface area contributed by atoms with Crippen LogP contribution in [0.4, 0.5) is 5.69 Å². The van der Waals surface area contributed by atoms with E-state index in [1.165, 1.54) is 0 Å². The number of nitrogens with two attached hydrogens (primary N) is 1. The van der Waals surface area contributed by atoms with Gasteiger partial charge in [-0.25, -0.2) is 0 Å². The number of amides is 1. The molecule has 6 heteroatoms. The van der Waals surface area contributed by atoms with Crippen LogP contribution in [0, 0.1) is 0 Å². The molecule has 0 radical (unpaired) electrons. The highest BCUT2D eigenvalue weighted by atomic mass is 35.5. The van der Waals surface area contributed by atoms with E-state index in [0.717, 1.165) is 5.69 Å². The van der Waals surface area contributed by atoms with Crippen molar-refractivity contribution in [3.63, 3.8) is 0 Å². The highest BCUT2D eigenvalue weighted by Gasteiger charge is 2.07. The van der Waals surface area contributed by atoms with E-state index in [9.17, 15) is 4.79 Å². The monoisotopic (exact) mass is 250 g/mol. The molecular formula is C11H11ClN4O. The highest BCUT2D eigenvalue weighted by molar-refractivity contribution is 6.33. The maximum Gasteiger partial charge on any atom is 0.251 e. The van der Waals surface area contributed by atoms with Gasteiger partial charge < -0.3 is 11.1 Å². The third-order valence-electron chi connectivity index (χ3n) is 2.26. The minimum atomic E-state index is -0.206. The molecule has 17 heavy (non-hydrogen) atoms. The Morgan fingerprint density at radius 1 is 1.47 bits per heavy atom. The fourth-order valence-electron chi connectivity index (χ4n) is 1.35. The van der Waals surface area contributed by atoms with Crippen molar-refractivity contribution in [1.29, 1.82) is 0 Å². The lowest BCUT2D eigenvalue weighted by molar-refractivity contribution is 0.0950. The average Bonchev–Trinajstić information content (AvgIpc) is 2.82. The van der Waals surface area contributed by atoms with Crippen molar-refractivity contribution in [3.8, 4) is 0 Å². The molecule has 0 saturated carbocycles. The van der Waals surface area contributed by atoms with Crippen molar-refractivity contribution in [1.82, 2.24) is 15.5 Å². The standard InChI is InChI=1S/C11H11ClN4O/c12-9-2-1-7(5-10(9)13)11(17)14-6-8-3-4-15-16-8/h1-5H,6,13H2,(H,14,17)(H,15,16). The molecule has 0 atom stereocenters. The van der Waals surface area contributed by atoms with Gasteiger partial charge in [0, 0.05) is 11.8 Å². The van der Waals surface area contributed by atoms with Gasteiger partial charge in [0.25, 0.3) is 5.91 Å². The third kappa shape index (κ3) is 2.76. The molecule has 0 saturated heterocycles. The number of rotatable bonds is 3. The molecule has 1 heterocycles. The Hall–Kier alpha value is -2.01. The summed E-state index contributed by atoms with van der Waals surface area (Å²) in [6.45, 7) is 0.390. The van der Waals surface area contributed by atoms with E-state index in [1.54, 1.807) is 30.5 Å². The molecule has 88 valence electrons. The summed E-state index contributed by atoms with van der Waals surface area (Å²) in [5, 5.41) is 9.72. The molecule has 0 unspecified atom stereocenters. The van der Waals surface area contributed by atoms with Crippen molar-refractivity contribution in [3.05, 3.63) is 46.7 Å². The van der Waals surface area contributed by atoms with Crippen LogP contribution in [0.3, 0.4) is 0 Å². The molecule has 0 spiro atoms. The third-order valence-corrected chi connectivity index (χ3v) is 2.60. The van der Waals surface area contributed by atoms with Crippen LogP contribution in [-0.4, -0.2) is 16.1 Å². The first kappa shape index (κ1) is 11.5. The van der Waals surface area contributed by atoms with Crippen LogP contribution in [0.25, 0.3) is 0 Å². The van der Waals surface area contributed by atoms with Crippen LogP contribution in [0.2, 0.25) is 5.02 Å². The maximum atomic E-state index is 11.8. The number of aromatic nitrogens is 2. The molecule has 1 aromatic carbocycles. The number of H-pyrrole nitrogens is 1. The Bertz CT molecular complexity index is 524. The Kier molecular flexibility index (Phi) is 3.30. The molecule has 5 nitrogen and oxygen atoms in total. The van der Waals surface area contributed by atoms with Crippen molar-refractivity contribution >= 4 is 23.2 Å². The number of hydrogen-bond donors (Lipinski definition) is 3. The van der Waals surface area contributed by atoms with Crippen molar-refractivity contribution < 1.29 is 4.79 Å². The van der Waals surface area contributed by atoms with Gasteiger partial charge in [-0.3, -0.25) is 9.89 Å². The van der Waals surface area contributed by atoms with Crippen molar-refractivity contribution in [2.45, 2.75) is 6.54 Å². The summed E-state index contributed by atoms with van der Waals surface area (Å²) >= 11 is 5.77. The molecule has 1 amide bonds. The number of halogens is 1. The number of nitrogens with one attached hydrogen (secondary N) is 2. The fraction of sp³-hybridized carbons (Fsp3) is 0.0909. The first-order valence-corrected chi connectivity index (χ1v) is 5.36. The van der Waals surface area contributed by atoms with E-state index in [1.807, 2.05) is 0 Å². The summed E-state index contributed by atoms with van der Waals surface area (Å²) < 4.78 is 0. The average molecular weight is 251 g/mol.